The van der Waals surface area contributed by atoms with Crippen molar-refractivity contribution in [3.05, 3.63) is 23.7 Å². The zero-order chi connectivity index (χ0) is 13.8. The van der Waals surface area contributed by atoms with Crippen LogP contribution in [-0.4, -0.2) is 26.9 Å². The monoisotopic (exact) mass is 296 g/mol. The molecule has 0 saturated heterocycles. The average molecular weight is 296 g/mol. The van der Waals surface area contributed by atoms with Crippen molar-refractivity contribution in [3.8, 4) is 0 Å². The van der Waals surface area contributed by atoms with Crippen molar-refractivity contribution in [2.75, 3.05) is 11.6 Å². The van der Waals surface area contributed by atoms with Crippen molar-refractivity contribution in [2.45, 2.75) is 24.0 Å². The van der Waals surface area contributed by atoms with Gasteiger partial charge < -0.3 is 5.32 Å². The molecule has 2 heterocycles. The van der Waals surface area contributed by atoms with E-state index in [0.29, 0.717) is 18.0 Å². The summed E-state index contributed by atoms with van der Waals surface area (Å²) in [5.41, 5.74) is 2.04. The summed E-state index contributed by atoms with van der Waals surface area (Å²) in [6.07, 6.45) is 6.85. The lowest BCUT2D eigenvalue weighted by atomic mass is 10.2. The van der Waals surface area contributed by atoms with Gasteiger partial charge in [-0.15, -0.1) is 11.8 Å². The Bertz CT molecular complexity index is 576. The van der Waals surface area contributed by atoms with Crippen LogP contribution < -0.4 is 5.32 Å². The number of hydrogen-bond acceptors (Lipinski definition) is 5. The van der Waals surface area contributed by atoms with Crippen LogP contribution in [0.5, 0.6) is 0 Å². The predicted molar refractivity (Wildman–Crippen MR) is 78.8 cm³/mol. The number of anilines is 1. The highest BCUT2D eigenvalue weighted by molar-refractivity contribution is 8.00. The molecule has 0 fully saturated rings. The van der Waals surface area contributed by atoms with E-state index in [1.54, 1.807) is 22.6 Å². The Balaban J connectivity index is 1.86. The zero-order valence-corrected chi connectivity index (χ0v) is 12.8. The van der Waals surface area contributed by atoms with Gasteiger partial charge in [-0.2, -0.15) is 5.10 Å². The molecule has 0 unspecified atom stereocenters. The van der Waals surface area contributed by atoms with Crippen molar-refractivity contribution < 1.29 is 4.79 Å². The van der Waals surface area contributed by atoms with E-state index in [1.807, 2.05) is 26.4 Å². The summed E-state index contributed by atoms with van der Waals surface area (Å²) in [4.78, 5) is 16.2. The largest absolute Gasteiger partial charge is 0.302 e. The molecule has 0 aliphatic rings. The standard InChI is InChI=1S/C12H16N4OS2/c1-8-11(18-3)19-12(14-8)15-10(17)5-4-9-6-13-16(2)7-9/h6-7H,4-5H2,1-3H3,(H,14,15,17). The third-order valence-corrected chi connectivity index (χ3v) is 4.87. The molecular weight excluding hydrogens is 280 g/mol. The number of thiazole rings is 1. The molecule has 5 nitrogen and oxygen atoms in total. The predicted octanol–water partition coefficient (Wildman–Crippen LogP) is 2.48. The third kappa shape index (κ3) is 3.81. The molecule has 1 amide bonds. The maximum Gasteiger partial charge on any atom is 0.226 e. The summed E-state index contributed by atoms with van der Waals surface area (Å²) in [5.74, 6) is -0.00902. The SMILES string of the molecule is CSc1sc(NC(=O)CCc2cnn(C)c2)nc1C. The summed E-state index contributed by atoms with van der Waals surface area (Å²) in [6.45, 7) is 1.95. The van der Waals surface area contributed by atoms with Crippen molar-refractivity contribution in [2.24, 2.45) is 7.05 Å². The molecule has 2 aromatic rings. The lowest BCUT2D eigenvalue weighted by Gasteiger charge is -1.99. The maximum absolute atomic E-state index is 11.8. The molecule has 0 spiro atoms. The van der Waals surface area contributed by atoms with E-state index in [9.17, 15) is 4.79 Å². The van der Waals surface area contributed by atoms with E-state index in [0.717, 1.165) is 15.5 Å². The lowest BCUT2D eigenvalue weighted by Crippen LogP contribution is -2.11. The van der Waals surface area contributed by atoms with Crippen LogP contribution in [0.4, 0.5) is 5.13 Å². The molecule has 1 N–H and O–H groups in total. The summed E-state index contributed by atoms with van der Waals surface area (Å²) < 4.78 is 2.88. The van der Waals surface area contributed by atoms with Crippen LogP contribution in [0, 0.1) is 6.92 Å². The first-order valence-electron chi connectivity index (χ1n) is 5.87. The Morgan fingerprint density at radius 3 is 2.95 bits per heavy atom. The van der Waals surface area contributed by atoms with E-state index in [-0.39, 0.29) is 5.91 Å². The molecule has 0 aliphatic carbocycles. The minimum atomic E-state index is -0.00902. The van der Waals surface area contributed by atoms with Gasteiger partial charge in [0.2, 0.25) is 5.91 Å². The Morgan fingerprint density at radius 2 is 2.37 bits per heavy atom. The lowest BCUT2D eigenvalue weighted by molar-refractivity contribution is -0.116. The normalized spacial score (nSPS) is 10.7. The van der Waals surface area contributed by atoms with Crippen molar-refractivity contribution in [1.82, 2.24) is 14.8 Å². The third-order valence-electron chi connectivity index (χ3n) is 2.58. The highest BCUT2D eigenvalue weighted by Gasteiger charge is 2.10. The Labute approximate surface area is 120 Å². The molecule has 102 valence electrons. The maximum atomic E-state index is 11.8. The number of carbonyl (C=O) groups is 1. The first-order valence-corrected chi connectivity index (χ1v) is 7.91. The summed E-state index contributed by atoms with van der Waals surface area (Å²) in [6, 6.07) is 0. The molecule has 0 saturated carbocycles. The molecule has 0 aromatic carbocycles. The molecule has 0 bridgehead atoms. The average Bonchev–Trinajstić information content (AvgIpc) is 2.93. The van der Waals surface area contributed by atoms with Crippen LogP contribution in [0.3, 0.4) is 0 Å². The van der Waals surface area contributed by atoms with Crippen molar-refractivity contribution >= 4 is 34.1 Å². The molecule has 7 heteroatoms. The Morgan fingerprint density at radius 1 is 1.58 bits per heavy atom. The number of amides is 1. The highest BCUT2D eigenvalue weighted by Crippen LogP contribution is 2.30. The van der Waals surface area contributed by atoms with Gasteiger partial charge in [0.15, 0.2) is 5.13 Å². The zero-order valence-electron chi connectivity index (χ0n) is 11.1. The molecule has 19 heavy (non-hydrogen) atoms. The molecule has 0 radical (unpaired) electrons. The minimum Gasteiger partial charge on any atom is -0.302 e. The van der Waals surface area contributed by atoms with Crippen molar-refractivity contribution in [3.63, 3.8) is 0 Å². The fourth-order valence-corrected chi connectivity index (χ4v) is 3.29. The van der Waals surface area contributed by atoms with E-state index in [2.05, 4.69) is 15.4 Å². The first kappa shape index (κ1) is 14.1. The molecule has 0 atom stereocenters. The number of nitrogens with zero attached hydrogens (tertiary/aromatic N) is 3. The molecule has 2 rings (SSSR count). The van der Waals surface area contributed by atoms with Gasteiger partial charge in [0.1, 0.15) is 0 Å². The fraction of sp³-hybridized carbons (Fsp3) is 0.417. The van der Waals surface area contributed by atoms with Gasteiger partial charge in [-0.05, 0) is 25.2 Å². The topological polar surface area (TPSA) is 59.8 Å². The highest BCUT2D eigenvalue weighted by atomic mass is 32.2. The smallest absolute Gasteiger partial charge is 0.226 e. The van der Waals surface area contributed by atoms with Gasteiger partial charge >= 0.3 is 0 Å². The van der Waals surface area contributed by atoms with Crippen LogP contribution >= 0.6 is 23.1 Å². The summed E-state index contributed by atoms with van der Waals surface area (Å²) in [7, 11) is 1.87. The quantitative estimate of drug-likeness (QED) is 0.861. The number of aromatic nitrogens is 3. The molecule has 2 aromatic heterocycles. The fourth-order valence-electron chi connectivity index (χ4n) is 1.67. The van der Waals surface area contributed by atoms with E-state index in [4.69, 9.17) is 0 Å². The number of rotatable bonds is 5. The first-order chi connectivity index (χ1) is 9.08. The minimum absolute atomic E-state index is 0.00902. The van der Waals surface area contributed by atoms with Gasteiger partial charge in [0, 0.05) is 19.7 Å². The van der Waals surface area contributed by atoms with Gasteiger partial charge in [0.25, 0.3) is 0 Å². The number of thioether (sulfide) groups is 1. The molecular formula is C12H16N4OS2. The Kier molecular flexibility index (Phi) is 4.60. The second-order valence-electron chi connectivity index (χ2n) is 4.17. The van der Waals surface area contributed by atoms with Gasteiger partial charge in [0.05, 0.1) is 16.1 Å². The number of carbonyl (C=O) groups excluding carboxylic acids is 1. The number of nitrogens with one attached hydrogen (secondary N) is 1. The number of hydrogen-bond donors (Lipinski definition) is 1. The van der Waals surface area contributed by atoms with Crippen molar-refractivity contribution in [1.29, 1.82) is 0 Å². The van der Waals surface area contributed by atoms with Crippen LogP contribution in [0.25, 0.3) is 0 Å². The summed E-state index contributed by atoms with van der Waals surface area (Å²) >= 11 is 3.17. The van der Waals surface area contributed by atoms with Gasteiger partial charge in [-0.3, -0.25) is 9.48 Å². The Hall–Kier alpha value is -1.34. The van der Waals surface area contributed by atoms with Gasteiger partial charge in [-0.25, -0.2) is 4.98 Å². The van der Waals surface area contributed by atoms with Crippen LogP contribution in [0.1, 0.15) is 17.7 Å². The van der Waals surface area contributed by atoms with Crippen LogP contribution in [0.15, 0.2) is 16.6 Å². The second-order valence-corrected chi connectivity index (χ2v) is 6.24. The number of aryl methyl sites for hydroxylation is 3. The van der Waals surface area contributed by atoms with Crippen LogP contribution in [-0.2, 0) is 18.3 Å². The van der Waals surface area contributed by atoms with E-state index >= 15 is 0 Å². The van der Waals surface area contributed by atoms with E-state index < -0.39 is 0 Å². The second kappa shape index (κ2) is 6.21. The molecule has 0 aliphatic heterocycles. The summed E-state index contributed by atoms with van der Waals surface area (Å²) in [5, 5.41) is 7.60. The van der Waals surface area contributed by atoms with Gasteiger partial charge in [-0.1, -0.05) is 11.3 Å². The van der Waals surface area contributed by atoms with E-state index in [1.165, 1.54) is 11.3 Å². The van der Waals surface area contributed by atoms with Crippen LogP contribution in [0.2, 0.25) is 0 Å².